The molecular weight excluding hydrogens is 254 g/mol. The molecule has 1 fully saturated rings. The van der Waals surface area contributed by atoms with Crippen molar-refractivity contribution in [3.63, 3.8) is 0 Å². The Hall–Kier alpha value is -1.10. The minimum Gasteiger partial charge on any atom is -0.496 e. The van der Waals surface area contributed by atoms with Crippen molar-refractivity contribution in [1.82, 2.24) is 5.32 Å². The summed E-state index contributed by atoms with van der Waals surface area (Å²) < 4.78 is 11.0. The van der Waals surface area contributed by atoms with Gasteiger partial charge in [0.2, 0.25) is 0 Å². The molecule has 1 heterocycles. The van der Waals surface area contributed by atoms with Gasteiger partial charge in [-0.1, -0.05) is 11.6 Å². The van der Waals surface area contributed by atoms with Crippen molar-refractivity contribution in [3.05, 3.63) is 28.8 Å². The highest BCUT2D eigenvalue weighted by Gasteiger charge is 2.18. The van der Waals surface area contributed by atoms with Crippen LogP contribution in [0.25, 0.3) is 0 Å². The zero-order chi connectivity index (χ0) is 14.5. The fourth-order valence-electron chi connectivity index (χ4n) is 2.81. The van der Waals surface area contributed by atoms with E-state index in [1.807, 2.05) is 19.9 Å². The number of nitrogens with one attached hydrogen (secondary N) is 1. The number of aliphatic hydroxyl groups is 1. The van der Waals surface area contributed by atoms with E-state index >= 15 is 0 Å². The number of rotatable bonds is 6. The molecule has 1 aromatic carbocycles. The molecule has 0 saturated carbocycles. The SMILES string of the molecule is COc1c(C)cc(C)cc1C(O)CNCC1CCCO1. The first-order valence-corrected chi connectivity index (χ1v) is 7.27. The van der Waals surface area contributed by atoms with Gasteiger partial charge in [-0.25, -0.2) is 0 Å². The van der Waals surface area contributed by atoms with Gasteiger partial charge >= 0.3 is 0 Å². The second-order valence-corrected chi connectivity index (χ2v) is 5.51. The lowest BCUT2D eigenvalue weighted by Crippen LogP contribution is -2.30. The molecule has 0 spiro atoms. The van der Waals surface area contributed by atoms with Crippen LogP contribution in [0.4, 0.5) is 0 Å². The van der Waals surface area contributed by atoms with E-state index in [4.69, 9.17) is 9.47 Å². The summed E-state index contributed by atoms with van der Waals surface area (Å²) in [5.41, 5.74) is 3.04. The van der Waals surface area contributed by atoms with E-state index < -0.39 is 6.10 Å². The Kier molecular flexibility index (Phi) is 5.40. The van der Waals surface area contributed by atoms with Crippen LogP contribution in [0.1, 0.15) is 35.6 Å². The molecule has 1 saturated heterocycles. The lowest BCUT2D eigenvalue weighted by molar-refractivity contribution is 0.103. The topological polar surface area (TPSA) is 50.7 Å². The molecule has 112 valence electrons. The molecule has 1 aliphatic heterocycles. The van der Waals surface area contributed by atoms with Crippen molar-refractivity contribution in [3.8, 4) is 5.75 Å². The van der Waals surface area contributed by atoms with E-state index in [0.29, 0.717) is 12.6 Å². The monoisotopic (exact) mass is 279 g/mol. The van der Waals surface area contributed by atoms with Crippen LogP contribution in [0.5, 0.6) is 5.75 Å². The summed E-state index contributed by atoms with van der Waals surface area (Å²) in [5, 5.41) is 13.7. The van der Waals surface area contributed by atoms with Crippen molar-refractivity contribution >= 4 is 0 Å². The molecule has 4 nitrogen and oxygen atoms in total. The maximum atomic E-state index is 10.4. The summed E-state index contributed by atoms with van der Waals surface area (Å²) in [4.78, 5) is 0. The molecule has 2 rings (SSSR count). The third-order valence-corrected chi connectivity index (χ3v) is 3.74. The van der Waals surface area contributed by atoms with Crippen molar-refractivity contribution in [2.75, 3.05) is 26.8 Å². The molecule has 20 heavy (non-hydrogen) atoms. The molecule has 1 aromatic rings. The molecule has 0 aromatic heterocycles. The highest BCUT2D eigenvalue weighted by atomic mass is 16.5. The van der Waals surface area contributed by atoms with Gasteiger partial charge in [0, 0.05) is 25.3 Å². The Morgan fingerprint density at radius 2 is 2.25 bits per heavy atom. The molecule has 0 aliphatic carbocycles. The summed E-state index contributed by atoms with van der Waals surface area (Å²) in [7, 11) is 1.65. The van der Waals surface area contributed by atoms with E-state index in [0.717, 1.165) is 48.4 Å². The molecule has 1 aliphatic rings. The number of ether oxygens (including phenoxy) is 2. The van der Waals surface area contributed by atoms with Crippen LogP contribution >= 0.6 is 0 Å². The van der Waals surface area contributed by atoms with Crippen LogP contribution in [-0.2, 0) is 4.74 Å². The Morgan fingerprint density at radius 3 is 2.90 bits per heavy atom. The predicted octanol–water partition coefficient (Wildman–Crippen LogP) is 2.11. The van der Waals surface area contributed by atoms with Crippen molar-refractivity contribution in [2.45, 2.75) is 38.9 Å². The maximum absolute atomic E-state index is 10.4. The smallest absolute Gasteiger partial charge is 0.127 e. The van der Waals surface area contributed by atoms with Gasteiger partial charge in [0.25, 0.3) is 0 Å². The van der Waals surface area contributed by atoms with Gasteiger partial charge in [-0.2, -0.15) is 0 Å². The van der Waals surface area contributed by atoms with Gasteiger partial charge in [0.05, 0.1) is 19.3 Å². The third-order valence-electron chi connectivity index (χ3n) is 3.74. The lowest BCUT2D eigenvalue weighted by atomic mass is 10.0. The van der Waals surface area contributed by atoms with Crippen LogP contribution < -0.4 is 10.1 Å². The van der Waals surface area contributed by atoms with Crippen molar-refractivity contribution in [2.24, 2.45) is 0 Å². The summed E-state index contributed by atoms with van der Waals surface area (Å²) in [6, 6.07) is 4.05. The Morgan fingerprint density at radius 1 is 1.45 bits per heavy atom. The van der Waals surface area contributed by atoms with Gasteiger partial charge in [-0.15, -0.1) is 0 Å². The maximum Gasteiger partial charge on any atom is 0.127 e. The normalized spacial score (nSPS) is 20.1. The standard InChI is InChI=1S/C16H25NO3/c1-11-7-12(2)16(19-3)14(8-11)15(18)10-17-9-13-5-4-6-20-13/h7-8,13,15,17-18H,4-6,9-10H2,1-3H3. The van der Waals surface area contributed by atoms with Crippen LogP contribution in [0.2, 0.25) is 0 Å². The molecule has 0 amide bonds. The van der Waals surface area contributed by atoms with Crippen molar-refractivity contribution in [1.29, 1.82) is 0 Å². The molecule has 2 N–H and O–H groups in total. The number of hydrogen-bond acceptors (Lipinski definition) is 4. The fourth-order valence-corrected chi connectivity index (χ4v) is 2.81. The van der Waals surface area contributed by atoms with E-state index in [-0.39, 0.29) is 0 Å². The third kappa shape index (κ3) is 3.72. The fraction of sp³-hybridized carbons (Fsp3) is 0.625. The quantitative estimate of drug-likeness (QED) is 0.837. The first-order chi connectivity index (χ1) is 9.61. The van der Waals surface area contributed by atoms with Crippen LogP contribution in [0, 0.1) is 13.8 Å². The first-order valence-electron chi connectivity index (χ1n) is 7.27. The van der Waals surface area contributed by atoms with Gasteiger partial charge in [0.1, 0.15) is 5.75 Å². The molecule has 0 radical (unpaired) electrons. The van der Waals surface area contributed by atoms with Crippen LogP contribution in [-0.4, -0.2) is 38.0 Å². The van der Waals surface area contributed by atoms with E-state index in [2.05, 4.69) is 11.4 Å². The predicted molar refractivity (Wildman–Crippen MR) is 79.3 cm³/mol. The molecule has 4 heteroatoms. The second-order valence-electron chi connectivity index (χ2n) is 5.51. The van der Waals surface area contributed by atoms with E-state index in [1.165, 1.54) is 0 Å². The van der Waals surface area contributed by atoms with Crippen molar-refractivity contribution < 1.29 is 14.6 Å². The highest BCUT2D eigenvalue weighted by molar-refractivity contribution is 5.45. The Labute approximate surface area is 121 Å². The number of methoxy groups -OCH3 is 1. The van der Waals surface area contributed by atoms with Gasteiger partial charge in [-0.05, 0) is 38.3 Å². The average molecular weight is 279 g/mol. The zero-order valence-electron chi connectivity index (χ0n) is 12.6. The average Bonchev–Trinajstić information content (AvgIpc) is 2.91. The number of aliphatic hydroxyl groups excluding tert-OH is 1. The summed E-state index contributed by atoms with van der Waals surface area (Å²) in [6.07, 6.45) is 1.98. The first kappa shape index (κ1) is 15.3. The van der Waals surface area contributed by atoms with E-state index in [1.54, 1.807) is 7.11 Å². The van der Waals surface area contributed by atoms with Crippen LogP contribution in [0.3, 0.4) is 0 Å². The number of aryl methyl sites for hydroxylation is 2. The molecular formula is C16H25NO3. The van der Waals surface area contributed by atoms with Gasteiger partial charge < -0.3 is 19.9 Å². The van der Waals surface area contributed by atoms with Crippen LogP contribution in [0.15, 0.2) is 12.1 Å². The van der Waals surface area contributed by atoms with Gasteiger partial charge in [-0.3, -0.25) is 0 Å². The Bertz CT molecular complexity index is 442. The highest BCUT2D eigenvalue weighted by Crippen LogP contribution is 2.29. The summed E-state index contributed by atoms with van der Waals surface area (Å²) >= 11 is 0. The lowest BCUT2D eigenvalue weighted by Gasteiger charge is -2.19. The number of hydrogen-bond donors (Lipinski definition) is 2. The minimum absolute atomic E-state index is 0.295. The van der Waals surface area contributed by atoms with Gasteiger partial charge in [0.15, 0.2) is 0 Å². The summed E-state index contributed by atoms with van der Waals surface area (Å²) in [6.45, 7) is 6.20. The summed E-state index contributed by atoms with van der Waals surface area (Å²) in [5.74, 6) is 0.780. The molecule has 0 bridgehead atoms. The minimum atomic E-state index is -0.565. The Balaban J connectivity index is 1.95. The van der Waals surface area contributed by atoms with E-state index in [9.17, 15) is 5.11 Å². The zero-order valence-corrected chi connectivity index (χ0v) is 12.6. The largest absolute Gasteiger partial charge is 0.496 e. The number of benzene rings is 1. The molecule has 2 unspecified atom stereocenters. The molecule has 2 atom stereocenters. The second kappa shape index (κ2) is 7.07.